The van der Waals surface area contributed by atoms with Gasteiger partial charge in [0, 0.05) is 18.7 Å². The lowest BCUT2D eigenvalue weighted by Crippen LogP contribution is -2.27. The Morgan fingerprint density at radius 1 is 1.20 bits per heavy atom. The van der Waals surface area contributed by atoms with E-state index in [0.29, 0.717) is 6.42 Å². The van der Waals surface area contributed by atoms with Crippen molar-refractivity contribution in [2.24, 2.45) is 0 Å². The largest absolute Gasteiger partial charge is 0.462 e. The second-order valence-corrected chi connectivity index (χ2v) is 6.23. The van der Waals surface area contributed by atoms with Crippen molar-refractivity contribution < 1.29 is 27.5 Å². The maximum absolute atomic E-state index is 11.2. The van der Waals surface area contributed by atoms with Gasteiger partial charge in [0.05, 0.1) is 18.5 Å². The summed E-state index contributed by atoms with van der Waals surface area (Å²) in [4.78, 5) is 22.3. The molecule has 0 amide bonds. The van der Waals surface area contributed by atoms with Crippen molar-refractivity contribution in [2.75, 3.05) is 18.9 Å². The third kappa shape index (κ3) is 10.5. The number of sulfonamides is 1. The minimum Gasteiger partial charge on any atom is -0.462 e. The van der Waals surface area contributed by atoms with Crippen molar-refractivity contribution >= 4 is 22.0 Å². The fourth-order valence-electron chi connectivity index (χ4n) is 1.03. The molecule has 0 radical (unpaired) electrons. The summed E-state index contributed by atoms with van der Waals surface area (Å²) in [5.41, 5.74) is 0. The van der Waals surface area contributed by atoms with E-state index < -0.39 is 22.0 Å². The molecule has 0 aromatic carbocycles. The second kappa shape index (κ2) is 9.49. The molecule has 0 saturated carbocycles. The molecule has 116 valence electrons. The highest BCUT2D eigenvalue weighted by atomic mass is 32.2. The normalized spacial score (nSPS) is 11.8. The summed E-state index contributed by atoms with van der Waals surface area (Å²) in [7, 11) is -3.22. The van der Waals surface area contributed by atoms with Gasteiger partial charge in [-0.3, -0.25) is 0 Å². The number of rotatable bonds is 9. The summed E-state index contributed by atoms with van der Waals surface area (Å²) < 4.78 is 34.1. The Morgan fingerprint density at radius 2 is 1.80 bits per heavy atom. The van der Waals surface area contributed by atoms with Crippen molar-refractivity contribution in [3.63, 3.8) is 0 Å². The highest BCUT2D eigenvalue weighted by Gasteiger charge is 2.05. The Balaban J connectivity index is 3.79. The average molecular weight is 307 g/mol. The molecule has 0 heterocycles. The Hall–Kier alpha value is -1.41. The number of esters is 2. The molecule has 0 fully saturated rings. The van der Waals surface area contributed by atoms with Crippen LogP contribution in [0.3, 0.4) is 0 Å². The van der Waals surface area contributed by atoms with Gasteiger partial charge < -0.3 is 9.47 Å². The number of ether oxygens (including phenoxy) is 2. The monoisotopic (exact) mass is 307 g/mol. The molecule has 0 rings (SSSR count). The summed E-state index contributed by atoms with van der Waals surface area (Å²) in [6, 6.07) is 0. The Morgan fingerprint density at radius 3 is 2.35 bits per heavy atom. The highest BCUT2D eigenvalue weighted by Crippen LogP contribution is 1.92. The molecule has 0 saturated heterocycles. The SMILES string of the molecule is CCS(=O)(=O)NCCCOC(=O)/C=C/C(=O)OC(C)C. The van der Waals surface area contributed by atoms with Crippen molar-refractivity contribution in [3.05, 3.63) is 12.2 Å². The molecule has 8 heteroatoms. The van der Waals surface area contributed by atoms with Gasteiger partial charge in [-0.05, 0) is 27.2 Å². The van der Waals surface area contributed by atoms with Gasteiger partial charge in [0.1, 0.15) is 0 Å². The maximum Gasteiger partial charge on any atom is 0.331 e. The van der Waals surface area contributed by atoms with Gasteiger partial charge >= 0.3 is 11.9 Å². The van der Waals surface area contributed by atoms with Gasteiger partial charge in [-0.15, -0.1) is 0 Å². The highest BCUT2D eigenvalue weighted by molar-refractivity contribution is 7.89. The minimum atomic E-state index is -3.22. The summed E-state index contributed by atoms with van der Waals surface area (Å²) in [6.45, 7) is 5.18. The second-order valence-electron chi connectivity index (χ2n) is 4.14. The van der Waals surface area contributed by atoms with Crippen LogP contribution in [-0.2, 0) is 29.1 Å². The van der Waals surface area contributed by atoms with Gasteiger partial charge in [0.15, 0.2) is 0 Å². The van der Waals surface area contributed by atoms with E-state index in [9.17, 15) is 18.0 Å². The van der Waals surface area contributed by atoms with E-state index in [1.165, 1.54) is 6.92 Å². The molecule has 0 aliphatic rings. The van der Waals surface area contributed by atoms with Crippen molar-refractivity contribution in [1.29, 1.82) is 0 Å². The molecule has 0 atom stereocenters. The van der Waals surface area contributed by atoms with Crippen LogP contribution < -0.4 is 4.72 Å². The lowest BCUT2D eigenvalue weighted by molar-refractivity contribution is -0.142. The summed E-state index contributed by atoms with van der Waals surface area (Å²) in [5.74, 6) is -1.29. The molecule has 7 nitrogen and oxygen atoms in total. The van der Waals surface area contributed by atoms with E-state index in [2.05, 4.69) is 4.72 Å². The molecule has 0 spiro atoms. The van der Waals surface area contributed by atoms with Crippen molar-refractivity contribution in [3.8, 4) is 0 Å². The Bertz CT molecular complexity index is 441. The molecule has 0 bridgehead atoms. The first-order valence-electron chi connectivity index (χ1n) is 6.29. The lowest BCUT2D eigenvalue weighted by Gasteiger charge is -2.05. The van der Waals surface area contributed by atoms with E-state index >= 15 is 0 Å². The smallest absolute Gasteiger partial charge is 0.331 e. The van der Waals surface area contributed by atoms with Gasteiger partial charge in [-0.1, -0.05) is 0 Å². The van der Waals surface area contributed by atoms with Crippen LogP contribution in [0.25, 0.3) is 0 Å². The molecular formula is C12H21NO6S. The average Bonchev–Trinajstić information content (AvgIpc) is 2.35. The van der Waals surface area contributed by atoms with Crippen LogP contribution in [-0.4, -0.2) is 45.4 Å². The van der Waals surface area contributed by atoms with Crippen LogP contribution in [0.1, 0.15) is 27.2 Å². The first-order valence-corrected chi connectivity index (χ1v) is 7.95. The van der Waals surface area contributed by atoms with E-state index in [1.54, 1.807) is 13.8 Å². The Kier molecular flexibility index (Phi) is 8.82. The van der Waals surface area contributed by atoms with Crippen LogP contribution in [0.15, 0.2) is 12.2 Å². The molecule has 0 unspecified atom stereocenters. The van der Waals surface area contributed by atoms with Crippen LogP contribution in [0.4, 0.5) is 0 Å². The Labute approximate surface area is 119 Å². The molecule has 0 aliphatic heterocycles. The van der Waals surface area contributed by atoms with Gasteiger partial charge in [0.25, 0.3) is 0 Å². The minimum absolute atomic E-state index is 0.00743. The van der Waals surface area contributed by atoms with Crippen LogP contribution in [0, 0.1) is 0 Å². The quantitative estimate of drug-likeness (QED) is 0.375. The van der Waals surface area contributed by atoms with E-state index in [-0.39, 0.29) is 25.0 Å². The summed E-state index contributed by atoms with van der Waals surface area (Å²) in [5, 5.41) is 0. The van der Waals surface area contributed by atoms with Crippen LogP contribution in [0.2, 0.25) is 0 Å². The molecule has 0 aromatic rings. The van der Waals surface area contributed by atoms with Gasteiger partial charge in [0.2, 0.25) is 10.0 Å². The molecule has 0 aliphatic carbocycles. The van der Waals surface area contributed by atoms with E-state index in [1.807, 2.05) is 0 Å². The summed E-state index contributed by atoms with van der Waals surface area (Å²) >= 11 is 0. The van der Waals surface area contributed by atoms with E-state index in [0.717, 1.165) is 12.2 Å². The summed E-state index contributed by atoms with van der Waals surface area (Å²) in [6.07, 6.45) is 2.06. The fraction of sp³-hybridized carbons (Fsp3) is 0.667. The third-order valence-corrected chi connectivity index (χ3v) is 3.38. The fourth-order valence-corrected chi connectivity index (χ4v) is 1.69. The van der Waals surface area contributed by atoms with Crippen LogP contribution in [0.5, 0.6) is 0 Å². The number of hydrogen-bond donors (Lipinski definition) is 1. The predicted octanol–water partition coefficient (Wildman–Crippen LogP) is 0.367. The van der Waals surface area contributed by atoms with Crippen LogP contribution >= 0.6 is 0 Å². The first kappa shape index (κ1) is 18.6. The maximum atomic E-state index is 11.2. The standard InChI is InChI=1S/C12H21NO6S/c1-4-20(16,17)13-8-5-9-18-11(14)6-7-12(15)19-10(2)3/h6-7,10,13H,4-5,8-9H2,1-3H3/b7-6+. The number of carbonyl (C=O) groups is 2. The van der Waals surface area contributed by atoms with Crippen molar-refractivity contribution in [1.82, 2.24) is 4.72 Å². The van der Waals surface area contributed by atoms with Gasteiger partial charge in [-0.2, -0.15) is 0 Å². The predicted molar refractivity (Wildman–Crippen MR) is 73.4 cm³/mol. The molecule has 20 heavy (non-hydrogen) atoms. The number of carbonyl (C=O) groups excluding carboxylic acids is 2. The molecular weight excluding hydrogens is 286 g/mol. The molecule has 1 N–H and O–H groups in total. The lowest BCUT2D eigenvalue weighted by atomic mass is 10.4. The third-order valence-electron chi connectivity index (χ3n) is 1.97. The molecule has 0 aromatic heterocycles. The zero-order valence-corrected chi connectivity index (χ0v) is 12.7. The topological polar surface area (TPSA) is 98.8 Å². The van der Waals surface area contributed by atoms with Crippen molar-refractivity contribution in [2.45, 2.75) is 33.3 Å². The first-order chi connectivity index (χ1) is 9.26. The van der Waals surface area contributed by atoms with E-state index in [4.69, 9.17) is 9.47 Å². The number of nitrogens with one attached hydrogen (secondary N) is 1. The zero-order valence-electron chi connectivity index (χ0n) is 11.9. The zero-order chi connectivity index (χ0) is 15.6. The van der Waals surface area contributed by atoms with Gasteiger partial charge in [-0.25, -0.2) is 22.7 Å². The number of hydrogen-bond acceptors (Lipinski definition) is 6.